The fourth-order valence-electron chi connectivity index (χ4n) is 2.58. The van der Waals surface area contributed by atoms with Crippen molar-refractivity contribution >= 4 is 23.2 Å². The molecule has 2 aromatic heterocycles. The maximum atomic E-state index is 12.4. The molecule has 0 bridgehead atoms. The first-order valence-corrected chi connectivity index (χ1v) is 8.61. The van der Waals surface area contributed by atoms with E-state index in [-0.39, 0.29) is 17.0 Å². The van der Waals surface area contributed by atoms with Crippen LogP contribution in [0.1, 0.15) is 16.8 Å². The van der Waals surface area contributed by atoms with Crippen LogP contribution in [0, 0.1) is 0 Å². The minimum Gasteiger partial charge on any atom is -0.471 e. The Hall–Kier alpha value is -3.04. The lowest BCUT2D eigenvalue weighted by Crippen LogP contribution is -2.17. The summed E-state index contributed by atoms with van der Waals surface area (Å²) in [7, 11) is 0. The van der Waals surface area contributed by atoms with Crippen LogP contribution >= 0.6 is 11.6 Å². The predicted molar refractivity (Wildman–Crippen MR) is 96.2 cm³/mol. The zero-order valence-corrected chi connectivity index (χ0v) is 14.8. The quantitative estimate of drug-likeness (QED) is 0.716. The van der Waals surface area contributed by atoms with E-state index in [0.29, 0.717) is 30.3 Å². The summed E-state index contributed by atoms with van der Waals surface area (Å²) in [5.41, 5.74) is 1.73. The summed E-state index contributed by atoms with van der Waals surface area (Å²) < 4.78 is 12.5. The molecule has 4 rings (SSSR count). The number of benzene rings is 1. The number of tetrazole rings is 1. The molecule has 1 fully saturated rings. The zero-order valence-electron chi connectivity index (χ0n) is 14.1. The maximum Gasteiger partial charge on any atom is 0.257 e. The summed E-state index contributed by atoms with van der Waals surface area (Å²) in [4.78, 5) is 16.6. The van der Waals surface area contributed by atoms with E-state index < -0.39 is 0 Å². The molecule has 1 amide bonds. The zero-order chi connectivity index (χ0) is 18.6. The third kappa shape index (κ3) is 4.04. The Morgan fingerprint density at radius 1 is 1.33 bits per heavy atom. The third-order valence-corrected chi connectivity index (χ3v) is 4.25. The highest BCUT2D eigenvalue weighted by Crippen LogP contribution is 2.25. The molecular formula is C17H15ClN6O3. The Morgan fingerprint density at radius 2 is 2.19 bits per heavy atom. The lowest BCUT2D eigenvalue weighted by Gasteiger charge is -2.12. The Kier molecular flexibility index (Phi) is 4.95. The van der Waals surface area contributed by atoms with Gasteiger partial charge in [-0.25, -0.2) is 9.67 Å². The number of pyridine rings is 1. The van der Waals surface area contributed by atoms with Crippen molar-refractivity contribution in [2.45, 2.75) is 12.5 Å². The summed E-state index contributed by atoms with van der Waals surface area (Å²) in [6, 6.07) is 8.61. The normalized spacial score (nSPS) is 16.3. The third-order valence-electron chi connectivity index (χ3n) is 3.97. The number of hydrogen-bond donors (Lipinski definition) is 1. The van der Waals surface area contributed by atoms with Crippen LogP contribution in [0.3, 0.4) is 0 Å². The molecule has 1 saturated heterocycles. The first-order chi connectivity index (χ1) is 13.2. The molecule has 3 aromatic rings. The second-order valence-electron chi connectivity index (χ2n) is 5.87. The second kappa shape index (κ2) is 7.68. The summed E-state index contributed by atoms with van der Waals surface area (Å²) in [5.74, 6) is -0.0233. The van der Waals surface area contributed by atoms with Crippen LogP contribution in [0.2, 0.25) is 5.02 Å². The number of carbonyl (C=O) groups excluding carboxylic acids is 1. The van der Waals surface area contributed by atoms with Crippen molar-refractivity contribution in [2.24, 2.45) is 0 Å². The van der Waals surface area contributed by atoms with Gasteiger partial charge in [-0.3, -0.25) is 4.79 Å². The van der Waals surface area contributed by atoms with Crippen LogP contribution in [0.4, 0.5) is 5.69 Å². The number of carbonyl (C=O) groups is 1. The molecular weight excluding hydrogens is 372 g/mol. The Balaban J connectivity index is 1.42. The van der Waals surface area contributed by atoms with Crippen molar-refractivity contribution < 1.29 is 14.3 Å². The lowest BCUT2D eigenvalue weighted by atomic mass is 10.2. The Morgan fingerprint density at radius 3 is 2.85 bits per heavy atom. The molecule has 1 N–H and O–H groups in total. The van der Waals surface area contributed by atoms with Crippen LogP contribution in [-0.4, -0.2) is 50.4 Å². The number of halogens is 1. The highest BCUT2D eigenvalue weighted by Gasteiger charge is 2.20. The van der Waals surface area contributed by atoms with Crippen molar-refractivity contribution in [1.82, 2.24) is 25.2 Å². The summed E-state index contributed by atoms with van der Waals surface area (Å²) in [6.07, 6.45) is 3.65. The van der Waals surface area contributed by atoms with Crippen molar-refractivity contribution in [2.75, 3.05) is 18.5 Å². The van der Waals surface area contributed by atoms with Crippen LogP contribution in [0.15, 0.2) is 42.9 Å². The molecule has 138 valence electrons. The summed E-state index contributed by atoms with van der Waals surface area (Å²) in [6.45, 7) is 1.18. The minimum atomic E-state index is -0.324. The van der Waals surface area contributed by atoms with Crippen molar-refractivity contribution in [3.63, 3.8) is 0 Å². The Labute approximate surface area is 159 Å². The average molecular weight is 387 g/mol. The van der Waals surface area contributed by atoms with Crippen molar-refractivity contribution in [3.05, 3.63) is 53.4 Å². The van der Waals surface area contributed by atoms with Gasteiger partial charge in [0.05, 0.1) is 24.5 Å². The molecule has 1 aliphatic heterocycles. The van der Waals surface area contributed by atoms with E-state index in [9.17, 15) is 4.79 Å². The fourth-order valence-corrected chi connectivity index (χ4v) is 2.79. The molecule has 0 saturated carbocycles. The molecule has 27 heavy (non-hydrogen) atoms. The minimum absolute atomic E-state index is 0.0617. The van der Waals surface area contributed by atoms with Crippen molar-refractivity contribution in [1.29, 1.82) is 0 Å². The monoisotopic (exact) mass is 386 g/mol. The van der Waals surface area contributed by atoms with Gasteiger partial charge in [0.15, 0.2) is 0 Å². The topological polar surface area (TPSA) is 104 Å². The number of hydrogen-bond acceptors (Lipinski definition) is 7. The van der Waals surface area contributed by atoms with Gasteiger partial charge in [-0.05, 0) is 40.8 Å². The Bertz CT molecular complexity index is 926. The van der Waals surface area contributed by atoms with Gasteiger partial charge in [0, 0.05) is 18.3 Å². The van der Waals surface area contributed by atoms with Gasteiger partial charge in [0.25, 0.3) is 5.91 Å². The van der Waals surface area contributed by atoms with Gasteiger partial charge in [0.1, 0.15) is 17.5 Å². The molecule has 0 spiro atoms. The highest BCUT2D eigenvalue weighted by atomic mass is 35.5. The first kappa shape index (κ1) is 17.4. The van der Waals surface area contributed by atoms with Crippen LogP contribution in [0.25, 0.3) is 5.69 Å². The number of nitrogens with one attached hydrogen (secondary N) is 1. The molecule has 0 aliphatic carbocycles. The van der Waals surface area contributed by atoms with Gasteiger partial charge in [-0.2, -0.15) is 0 Å². The van der Waals surface area contributed by atoms with Gasteiger partial charge in [-0.15, -0.1) is 5.10 Å². The van der Waals surface area contributed by atoms with Crippen LogP contribution in [-0.2, 0) is 4.74 Å². The fraction of sp³-hybridized carbons (Fsp3) is 0.235. The number of aromatic nitrogens is 5. The van der Waals surface area contributed by atoms with Crippen LogP contribution < -0.4 is 10.1 Å². The van der Waals surface area contributed by atoms with Crippen molar-refractivity contribution in [3.8, 4) is 11.6 Å². The standard InChI is InChI=1S/C17H15ClN6O3/c18-15-7-11(8-19-17(15)27-14-5-6-26-9-14)16(25)21-12-1-3-13(4-2-12)24-10-20-22-23-24/h1-4,7-8,10,14H,5-6,9H2,(H,21,25)/t14-/m0/s1. The van der Waals surface area contributed by atoms with Gasteiger partial charge in [-0.1, -0.05) is 11.6 Å². The smallest absolute Gasteiger partial charge is 0.257 e. The number of rotatable bonds is 5. The molecule has 1 aromatic carbocycles. The van der Waals surface area contributed by atoms with E-state index in [2.05, 4.69) is 25.8 Å². The number of anilines is 1. The molecule has 10 heteroatoms. The van der Waals surface area contributed by atoms with E-state index in [1.54, 1.807) is 24.3 Å². The van der Waals surface area contributed by atoms with Gasteiger partial charge < -0.3 is 14.8 Å². The van der Waals surface area contributed by atoms with Gasteiger partial charge >= 0.3 is 0 Å². The van der Waals surface area contributed by atoms with E-state index in [0.717, 1.165) is 12.1 Å². The molecule has 1 atom stereocenters. The predicted octanol–water partition coefficient (Wildman–Crippen LogP) is 2.13. The lowest BCUT2D eigenvalue weighted by molar-refractivity contribution is 0.102. The van der Waals surface area contributed by atoms with E-state index in [1.165, 1.54) is 23.3 Å². The molecule has 1 aliphatic rings. The maximum absolute atomic E-state index is 12.4. The summed E-state index contributed by atoms with van der Waals surface area (Å²) >= 11 is 6.20. The SMILES string of the molecule is O=C(Nc1ccc(-n2cnnn2)cc1)c1cnc(O[C@H]2CCOC2)c(Cl)c1. The largest absolute Gasteiger partial charge is 0.471 e. The van der Waals surface area contributed by atoms with E-state index in [4.69, 9.17) is 21.1 Å². The second-order valence-corrected chi connectivity index (χ2v) is 6.28. The van der Waals surface area contributed by atoms with Gasteiger partial charge in [0.2, 0.25) is 5.88 Å². The van der Waals surface area contributed by atoms with E-state index in [1.807, 2.05) is 0 Å². The first-order valence-electron chi connectivity index (χ1n) is 8.24. The van der Waals surface area contributed by atoms with Crippen LogP contribution in [0.5, 0.6) is 5.88 Å². The molecule has 3 heterocycles. The number of nitrogens with zero attached hydrogens (tertiary/aromatic N) is 5. The van der Waals surface area contributed by atoms with E-state index >= 15 is 0 Å². The number of ether oxygens (including phenoxy) is 2. The summed E-state index contributed by atoms with van der Waals surface area (Å²) in [5, 5.41) is 14.0. The molecule has 0 radical (unpaired) electrons. The molecule has 9 nitrogen and oxygen atoms in total. The number of amides is 1. The highest BCUT2D eigenvalue weighted by molar-refractivity contribution is 6.32. The molecule has 0 unspecified atom stereocenters. The average Bonchev–Trinajstić information content (AvgIpc) is 3.38.